The number of aromatic nitrogens is 2. The van der Waals surface area contributed by atoms with E-state index >= 15 is 0 Å². The maximum Gasteiger partial charge on any atom is 0.416 e. The molecule has 0 atom stereocenters. The topological polar surface area (TPSA) is 41.1 Å². The molecule has 29 heavy (non-hydrogen) atoms. The van der Waals surface area contributed by atoms with Gasteiger partial charge in [-0.25, -0.2) is 0 Å². The molecule has 0 radical (unpaired) electrons. The summed E-state index contributed by atoms with van der Waals surface area (Å²) in [5.74, 6) is 0.779. The van der Waals surface area contributed by atoms with Gasteiger partial charge in [-0.05, 0) is 53.9 Å². The minimum absolute atomic E-state index is 0.282. The molecule has 1 aliphatic heterocycles. The van der Waals surface area contributed by atoms with E-state index in [0.29, 0.717) is 11.3 Å². The van der Waals surface area contributed by atoms with Crippen LogP contribution < -0.4 is 4.74 Å². The molecule has 1 aromatic heterocycles. The smallest absolute Gasteiger partial charge is 0.416 e. The highest BCUT2D eigenvalue weighted by atomic mass is 19.4. The van der Waals surface area contributed by atoms with Crippen LogP contribution in [0.5, 0.6) is 5.75 Å². The molecule has 0 saturated heterocycles. The van der Waals surface area contributed by atoms with E-state index in [0.717, 1.165) is 49.5 Å². The van der Waals surface area contributed by atoms with E-state index in [2.05, 4.69) is 34.2 Å². The molecule has 152 valence electrons. The summed E-state index contributed by atoms with van der Waals surface area (Å²) in [6.07, 6.45) is -1.58. The fraction of sp³-hybridized carbons (Fsp3) is 0.318. The van der Waals surface area contributed by atoms with Crippen LogP contribution in [0.3, 0.4) is 0 Å². The first-order valence-electron chi connectivity index (χ1n) is 9.61. The lowest BCUT2D eigenvalue weighted by atomic mass is 10.1. The van der Waals surface area contributed by atoms with Gasteiger partial charge in [-0.2, -0.15) is 18.3 Å². The number of benzene rings is 2. The number of nitrogens with one attached hydrogen (secondary N) is 1. The number of hydrogen-bond acceptors (Lipinski definition) is 3. The molecule has 0 aliphatic carbocycles. The van der Waals surface area contributed by atoms with Crippen LogP contribution in [0, 0.1) is 0 Å². The molecular formula is C22H22F3N3O. The molecule has 1 N–H and O–H groups in total. The Balaban J connectivity index is 1.45. The van der Waals surface area contributed by atoms with E-state index in [1.165, 1.54) is 23.3 Å². The highest BCUT2D eigenvalue weighted by molar-refractivity contribution is 5.63. The molecule has 7 heteroatoms. The molecule has 4 nitrogen and oxygen atoms in total. The van der Waals surface area contributed by atoms with Gasteiger partial charge < -0.3 is 4.74 Å². The first kappa shape index (κ1) is 19.5. The summed E-state index contributed by atoms with van der Waals surface area (Å²) in [4.78, 5) is 2.41. The number of aromatic amines is 1. The number of hydrogen-bond donors (Lipinski definition) is 1. The Bertz CT molecular complexity index is 980. The third-order valence-electron chi connectivity index (χ3n) is 5.12. The van der Waals surface area contributed by atoms with Gasteiger partial charge >= 0.3 is 6.18 Å². The van der Waals surface area contributed by atoms with Crippen LogP contribution in [0.15, 0.2) is 48.7 Å². The van der Waals surface area contributed by atoms with Gasteiger partial charge in [0, 0.05) is 18.7 Å². The third-order valence-corrected chi connectivity index (χ3v) is 5.12. The summed E-state index contributed by atoms with van der Waals surface area (Å²) in [7, 11) is 0. The molecule has 0 saturated carbocycles. The lowest BCUT2D eigenvalue weighted by Gasteiger charge is -2.12. The van der Waals surface area contributed by atoms with E-state index in [1.54, 1.807) is 6.20 Å². The van der Waals surface area contributed by atoms with Gasteiger partial charge in [0.1, 0.15) is 12.4 Å². The minimum Gasteiger partial charge on any atom is -0.489 e. The van der Waals surface area contributed by atoms with Gasteiger partial charge in [0.25, 0.3) is 0 Å². The second kappa shape index (κ2) is 7.91. The van der Waals surface area contributed by atoms with Crippen LogP contribution in [0.25, 0.3) is 11.3 Å². The Hall–Kier alpha value is -2.80. The molecule has 0 bridgehead atoms. The van der Waals surface area contributed by atoms with Crippen molar-refractivity contribution < 1.29 is 17.9 Å². The van der Waals surface area contributed by atoms with Crippen molar-refractivity contribution in [3.8, 4) is 17.0 Å². The average Bonchev–Trinajstić information content (AvgIpc) is 3.32. The molecule has 2 aromatic carbocycles. The van der Waals surface area contributed by atoms with Gasteiger partial charge in [0.2, 0.25) is 0 Å². The van der Waals surface area contributed by atoms with Crippen molar-refractivity contribution in [1.82, 2.24) is 15.1 Å². The number of nitrogens with zero attached hydrogens (tertiary/aromatic N) is 2. The second-order valence-electron chi connectivity index (χ2n) is 7.28. The number of halogens is 3. The summed E-state index contributed by atoms with van der Waals surface area (Å²) >= 11 is 0. The van der Waals surface area contributed by atoms with Crippen molar-refractivity contribution in [3.63, 3.8) is 0 Å². The normalized spacial score (nSPS) is 14.2. The quantitative estimate of drug-likeness (QED) is 0.601. The summed E-state index contributed by atoms with van der Waals surface area (Å²) < 4.78 is 44.3. The zero-order chi connectivity index (χ0) is 20.4. The Morgan fingerprint density at radius 2 is 1.83 bits per heavy atom. The highest BCUT2D eigenvalue weighted by Gasteiger charge is 2.30. The van der Waals surface area contributed by atoms with Crippen LogP contribution in [0.1, 0.15) is 35.6 Å². The predicted octanol–water partition coefficient (Wildman–Crippen LogP) is 5.40. The fourth-order valence-corrected chi connectivity index (χ4v) is 3.66. The monoisotopic (exact) mass is 401 g/mol. The van der Waals surface area contributed by atoms with Gasteiger partial charge in [-0.3, -0.25) is 10.00 Å². The predicted molar refractivity (Wildman–Crippen MR) is 104 cm³/mol. The van der Waals surface area contributed by atoms with E-state index in [9.17, 15) is 13.2 Å². The van der Waals surface area contributed by atoms with Gasteiger partial charge in [-0.1, -0.05) is 25.1 Å². The molecule has 0 spiro atoms. The summed E-state index contributed by atoms with van der Waals surface area (Å²) in [6, 6.07) is 11.2. The van der Waals surface area contributed by atoms with Crippen molar-refractivity contribution in [2.75, 3.05) is 6.54 Å². The first-order valence-corrected chi connectivity index (χ1v) is 9.61. The third kappa shape index (κ3) is 4.29. The number of rotatable bonds is 6. The van der Waals surface area contributed by atoms with Crippen molar-refractivity contribution in [3.05, 3.63) is 70.9 Å². The molecule has 0 amide bonds. The van der Waals surface area contributed by atoms with Crippen LogP contribution in [-0.2, 0) is 25.9 Å². The van der Waals surface area contributed by atoms with Gasteiger partial charge in [0.05, 0.1) is 17.5 Å². The van der Waals surface area contributed by atoms with Crippen LogP contribution in [0.4, 0.5) is 13.2 Å². The maximum absolute atomic E-state index is 12.8. The average molecular weight is 401 g/mol. The number of H-pyrrole nitrogens is 1. The SMILES string of the molecule is CCCN1Cc2ccc(OCc3cn[nH]c3-c3ccc(C(F)(F)F)cc3)cc2C1. The Labute approximate surface area is 167 Å². The zero-order valence-electron chi connectivity index (χ0n) is 16.1. The number of fused-ring (bicyclic) bond motifs is 1. The second-order valence-corrected chi connectivity index (χ2v) is 7.28. The summed E-state index contributed by atoms with van der Waals surface area (Å²) in [6.45, 7) is 5.45. The largest absolute Gasteiger partial charge is 0.489 e. The highest BCUT2D eigenvalue weighted by Crippen LogP contribution is 2.32. The maximum atomic E-state index is 12.8. The fourth-order valence-electron chi connectivity index (χ4n) is 3.66. The Kier molecular flexibility index (Phi) is 5.32. The first-order chi connectivity index (χ1) is 13.9. The van der Waals surface area contributed by atoms with E-state index in [4.69, 9.17) is 4.74 Å². The lowest BCUT2D eigenvalue weighted by molar-refractivity contribution is -0.137. The molecule has 1 aliphatic rings. The minimum atomic E-state index is -4.35. The molecule has 0 fully saturated rings. The van der Waals surface area contributed by atoms with E-state index in [1.807, 2.05) is 6.07 Å². The van der Waals surface area contributed by atoms with Crippen LogP contribution >= 0.6 is 0 Å². The van der Waals surface area contributed by atoms with Gasteiger partial charge in [0.15, 0.2) is 0 Å². The Morgan fingerprint density at radius 1 is 1.07 bits per heavy atom. The zero-order valence-corrected chi connectivity index (χ0v) is 16.1. The van der Waals surface area contributed by atoms with Crippen molar-refractivity contribution in [2.45, 2.75) is 39.2 Å². The molecule has 0 unspecified atom stereocenters. The standard InChI is InChI=1S/C22H22F3N3O/c1-2-9-28-12-16-5-8-20(10-17(16)13-28)29-14-18-11-26-27-21(18)15-3-6-19(7-4-15)22(23,24)25/h3-8,10-11H,2,9,12-14H2,1H3,(H,26,27). The molecule has 4 rings (SSSR count). The van der Waals surface area contributed by atoms with Crippen molar-refractivity contribution in [1.29, 1.82) is 0 Å². The summed E-state index contributed by atoms with van der Waals surface area (Å²) in [5, 5.41) is 6.90. The molecule has 3 aromatic rings. The Morgan fingerprint density at radius 3 is 2.55 bits per heavy atom. The molecule has 2 heterocycles. The number of ether oxygens (including phenoxy) is 1. The number of alkyl halides is 3. The van der Waals surface area contributed by atoms with Gasteiger partial charge in [-0.15, -0.1) is 0 Å². The van der Waals surface area contributed by atoms with Crippen molar-refractivity contribution in [2.24, 2.45) is 0 Å². The summed E-state index contributed by atoms with van der Waals surface area (Å²) in [5.41, 5.74) is 4.03. The lowest BCUT2D eigenvalue weighted by Crippen LogP contribution is -2.16. The van der Waals surface area contributed by atoms with E-state index in [-0.39, 0.29) is 6.61 Å². The van der Waals surface area contributed by atoms with Crippen LogP contribution in [0.2, 0.25) is 0 Å². The van der Waals surface area contributed by atoms with E-state index < -0.39 is 11.7 Å². The van der Waals surface area contributed by atoms with Crippen LogP contribution in [-0.4, -0.2) is 21.6 Å². The van der Waals surface area contributed by atoms with Crippen molar-refractivity contribution >= 4 is 0 Å². The molecular weight excluding hydrogens is 379 g/mol.